The van der Waals surface area contributed by atoms with Crippen LogP contribution >= 0.6 is 34.7 Å². The van der Waals surface area contributed by atoms with E-state index in [1.54, 1.807) is 29.7 Å². The maximum atomic E-state index is 13.6. The number of para-hydroxylation sites is 1. The number of aromatic nitrogens is 2. The first-order chi connectivity index (χ1) is 19.5. The molecule has 3 aromatic carbocycles. The lowest BCUT2D eigenvalue weighted by atomic mass is 10.1. The van der Waals surface area contributed by atoms with Crippen LogP contribution in [0.1, 0.15) is 17.3 Å². The minimum atomic E-state index is -1.04. The molecule has 1 saturated heterocycles. The fraction of sp³-hybridized carbons (Fsp3) is 0.194. The van der Waals surface area contributed by atoms with E-state index in [4.69, 9.17) is 16.7 Å². The molecule has 6 rings (SSSR count). The maximum Gasteiger partial charge on any atom is 0.123 e. The molecule has 1 aliphatic heterocycles. The van der Waals surface area contributed by atoms with Crippen molar-refractivity contribution in [3.8, 4) is 26.7 Å². The van der Waals surface area contributed by atoms with Crippen molar-refractivity contribution in [2.24, 2.45) is 0 Å². The van der Waals surface area contributed by atoms with Crippen molar-refractivity contribution in [2.45, 2.75) is 17.5 Å². The second-order valence-electron chi connectivity index (χ2n) is 9.64. The Morgan fingerprint density at radius 3 is 2.60 bits per heavy atom. The number of thiophene rings is 1. The lowest BCUT2D eigenvalue weighted by Crippen LogP contribution is -2.35. The molecule has 3 heterocycles. The first-order valence-electron chi connectivity index (χ1n) is 12.9. The summed E-state index contributed by atoms with van der Waals surface area (Å²) in [4.78, 5) is 5.41. The van der Waals surface area contributed by atoms with Crippen LogP contribution in [0.2, 0.25) is 5.02 Å². The van der Waals surface area contributed by atoms with Gasteiger partial charge in [0.2, 0.25) is 0 Å². The summed E-state index contributed by atoms with van der Waals surface area (Å²) in [7, 11) is -1.04. The van der Waals surface area contributed by atoms with Gasteiger partial charge in [-0.2, -0.15) is 16.9 Å². The van der Waals surface area contributed by atoms with Gasteiger partial charge in [0.15, 0.2) is 0 Å². The third-order valence-corrected chi connectivity index (χ3v) is 10.4. The highest BCUT2D eigenvalue weighted by Gasteiger charge is 2.26. The van der Waals surface area contributed by atoms with Gasteiger partial charge in [0, 0.05) is 57.5 Å². The number of thioether (sulfide) groups is 1. The van der Waals surface area contributed by atoms with Crippen molar-refractivity contribution in [3.05, 3.63) is 113 Å². The zero-order valence-corrected chi connectivity index (χ0v) is 25.0. The Labute approximate surface area is 249 Å². The first kappa shape index (κ1) is 27.4. The van der Waals surface area contributed by atoms with E-state index in [0.717, 1.165) is 60.9 Å². The molecule has 0 saturated carbocycles. The topological polar surface area (TPSA) is 38.1 Å². The van der Waals surface area contributed by atoms with Crippen LogP contribution in [-0.4, -0.2) is 43.2 Å². The highest BCUT2D eigenvalue weighted by molar-refractivity contribution is 7.99. The van der Waals surface area contributed by atoms with Gasteiger partial charge in [-0.05, 0) is 65.7 Å². The molecule has 0 bridgehead atoms. The Balaban J connectivity index is 1.37. The SMILES string of the molecule is CS(=O)c1cccc(-c2ccc(-c3cc(CN4CCSCC4c4ccc(F)cc4)nn3-c3ccccc3Cl)s2)c1. The standard InChI is InChI=1S/C31H27ClFN3OS3/c1-40(37)25-6-4-5-22(17-25)30-13-14-31(39-30)28-18-24(34-36(28)27-8-3-2-7-26(27)32)19-35-15-16-38-20-29(35)21-9-11-23(33)12-10-21/h2-14,17-18,29H,15-16,19-20H2,1H3. The van der Waals surface area contributed by atoms with E-state index >= 15 is 0 Å². The predicted molar refractivity (Wildman–Crippen MR) is 167 cm³/mol. The van der Waals surface area contributed by atoms with Gasteiger partial charge in [-0.3, -0.25) is 9.11 Å². The summed E-state index contributed by atoms with van der Waals surface area (Å²) >= 11 is 10.3. The summed E-state index contributed by atoms with van der Waals surface area (Å²) < 4.78 is 27.6. The molecular formula is C31H27ClFN3OS3. The number of rotatable bonds is 7. The molecule has 40 heavy (non-hydrogen) atoms. The van der Waals surface area contributed by atoms with Crippen molar-refractivity contribution in [2.75, 3.05) is 24.3 Å². The minimum absolute atomic E-state index is 0.193. The van der Waals surface area contributed by atoms with Crippen LogP contribution in [0.3, 0.4) is 0 Å². The summed E-state index contributed by atoms with van der Waals surface area (Å²) in [6, 6.07) is 29.1. The lowest BCUT2D eigenvalue weighted by molar-refractivity contribution is 0.209. The summed E-state index contributed by atoms with van der Waals surface area (Å²) in [5.41, 5.74) is 4.91. The second-order valence-corrected chi connectivity index (χ2v) is 13.7. The number of halogens is 2. The second kappa shape index (κ2) is 12.0. The van der Waals surface area contributed by atoms with E-state index in [1.165, 1.54) is 0 Å². The van der Waals surface area contributed by atoms with Crippen LogP contribution < -0.4 is 0 Å². The molecular weight excluding hydrogens is 581 g/mol. The van der Waals surface area contributed by atoms with Gasteiger partial charge in [0.1, 0.15) is 5.82 Å². The van der Waals surface area contributed by atoms with E-state index in [2.05, 4.69) is 23.1 Å². The van der Waals surface area contributed by atoms with E-state index < -0.39 is 10.8 Å². The quantitative estimate of drug-likeness (QED) is 0.187. The molecule has 2 aromatic heterocycles. The Hall–Kier alpha value is -2.75. The largest absolute Gasteiger partial charge is 0.289 e. The first-order valence-corrected chi connectivity index (χ1v) is 16.8. The van der Waals surface area contributed by atoms with Crippen LogP contribution in [0.25, 0.3) is 26.7 Å². The number of hydrogen-bond acceptors (Lipinski definition) is 5. The Bertz CT molecular complexity index is 1670. The van der Waals surface area contributed by atoms with Crippen LogP contribution in [0, 0.1) is 5.82 Å². The molecule has 0 radical (unpaired) electrons. The average Bonchev–Trinajstić information content (AvgIpc) is 3.62. The molecule has 2 unspecified atom stereocenters. The number of hydrogen-bond donors (Lipinski definition) is 0. The van der Waals surface area contributed by atoms with Crippen molar-refractivity contribution in [1.82, 2.24) is 14.7 Å². The third kappa shape index (κ3) is 5.83. The average molecular weight is 608 g/mol. The van der Waals surface area contributed by atoms with Gasteiger partial charge < -0.3 is 0 Å². The molecule has 9 heteroatoms. The van der Waals surface area contributed by atoms with Crippen LogP contribution in [-0.2, 0) is 17.3 Å². The molecule has 0 spiro atoms. The number of nitrogens with zero attached hydrogens (tertiary/aromatic N) is 3. The third-order valence-electron chi connectivity index (χ3n) is 7.01. The molecule has 1 fully saturated rings. The summed E-state index contributed by atoms with van der Waals surface area (Å²) in [6.45, 7) is 1.61. The summed E-state index contributed by atoms with van der Waals surface area (Å²) in [5, 5.41) is 5.69. The molecule has 2 atom stereocenters. The smallest absolute Gasteiger partial charge is 0.123 e. The van der Waals surface area contributed by atoms with Gasteiger partial charge in [-0.25, -0.2) is 9.07 Å². The van der Waals surface area contributed by atoms with Crippen molar-refractivity contribution in [3.63, 3.8) is 0 Å². The lowest BCUT2D eigenvalue weighted by Gasteiger charge is -2.35. The molecule has 1 aliphatic rings. The minimum Gasteiger partial charge on any atom is -0.289 e. The van der Waals surface area contributed by atoms with Gasteiger partial charge in [0.25, 0.3) is 0 Å². The molecule has 0 aliphatic carbocycles. The van der Waals surface area contributed by atoms with E-state index in [-0.39, 0.29) is 11.9 Å². The Kier molecular flexibility index (Phi) is 8.23. The van der Waals surface area contributed by atoms with Crippen molar-refractivity contribution >= 4 is 45.5 Å². The molecule has 5 aromatic rings. The maximum absolute atomic E-state index is 13.6. The van der Waals surface area contributed by atoms with Gasteiger partial charge >= 0.3 is 0 Å². The predicted octanol–water partition coefficient (Wildman–Crippen LogP) is 8.09. The van der Waals surface area contributed by atoms with Gasteiger partial charge in [-0.1, -0.05) is 48.0 Å². The molecule has 204 valence electrons. The van der Waals surface area contributed by atoms with Gasteiger partial charge in [0.05, 0.1) is 27.0 Å². The zero-order chi connectivity index (χ0) is 27.6. The van der Waals surface area contributed by atoms with E-state index in [0.29, 0.717) is 11.6 Å². The molecule has 0 amide bonds. The van der Waals surface area contributed by atoms with Crippen molar-refractivity contribution < 1.29 is 8.60 Å². The Morgan fingerprint density at radius 2 is 1.80 bits per heavy atom. The van der Waals surface area contributed by atoms with Crippen LogP contribution in [0.15, 0.2) is 95.9 Å². The highest BCUT2D eigenvalue weighted by atomic mass is 35.5. The fourth-order valence-corrected chi connectivity index (χ4v) is 7.92. The van der Waals surface area contributed by atoms with Crippen molar-refractivity contribution in [1.29, 1.82) is 0 Å². The normalized spacial score (nSPS) is 16.7. The highest BCUT2D eigenvalue weighted by Crippen LogP contribution is 2.38. The van der Waals surface area contributed by atoms with Gasteiger partial charge in [-0.15, -0.1) is 11.3 Å². The molecule has 4 nitrogen and oxygen atoms in total. The van der Waals surface area contributed by atoms with E-state index in [9.17, 15) is 8.60 Å². The fourth-order valence-electron chi connectivity index (χ4n) is 4.98. The zero-order valence-electron chi connectivity index (χ0n) is 21.8. The van der Waals surface area contributed by atoms with E-state index in [1.807, 2.05) is 77.1 Å². The Morgan fingerprint density at radius 1 is 1.00 bits per heavy atom. The van der Waals surface area contributed by atoms with Crippen LogP contribution in [0.4, 0.5) is 4.39 Å². The van der Waals surface area contributed by atoms with Crippen LogP contribution in [0.5, 0.6) is 0 Å². The molecule has 0 N–H and O–H groups in total. The number of benzene rings is 3. The summed E-state index contributed by atoms with van der Waals surface area (Å²) in [6.07, 6.45) is 1.70. The summed E-state index contributed by atoms with van der Waals surface area (Å²) in [5.74, 6) is 1.79. The monoisotopic (exact) mass is 607 g/mol.